The highest BCUT2D eigenvalue weighted by atomic mass is 16.5. The van der Waals surface area contributed by atoms with E-state index in [2.05, 4.69) is 24.0 Å². The van der Waals surface area contributed by atoms with Crippen molar-refractivity contribution in [3.05, 3.63) is 23.8 Å². The van der Waals surface area contributed by atoms with Gasteiger partial charge in [-0.1, -0.05) is 44.4 Å². The minimum atomic E-state index is -0.378. The van der Waals surface area contributed by atoms with Crippen LogP contribution < -0.4 is 0 Å². The minimum Gasteiger partial charge on any atom is -0.392 e. The number of ether oxygens (including phenoxy) is 2. The number of morpholine rings is 1. The van der Waals surface area contributed by atoms with E-state index >= 15 is 0 Å². The normalized spacial score (nSPS) is 31.3. The van der Waals surface area contributed by atoms with Crippen LogP contribution in [0, 0.1) is 17.8 Å². The predicted octanol–water partition coefficient (Wildman–Crippen LogP) is 3.17. The molecule has 0 spiro atoms. The van der Waals surface area contributed by atoms with Crippen LogP contribution in [0.3, 0.4) is 0 Å². The molecule has 1 saturated carbocycles. The molecule has 3 rings (SSSR count). The topological polar surface area (TPSA) is 62.2 Å². The molecular formula is C24H41NO4. The first-order chi connectivity index (χ1) is 14.2. The van der Waals surface area contributed by atoms with E-state index in [1.54, 1.807) is 0 Å². The van der Waals surface area contributed by atoms with E-state index in [1.165, 1.54) is 18.4 Å². The summed E-state index contributed by atoms with van der Waals surface area (Å²) in [6, 6.07) is 0. The number of allylic oxidation sites excluding steroid dienone is 1. The zero-order valence-electron chi connectivity index (χ0n) is 18.2. The molecule has 29 heavy (non-hydrogen) atoms. The molecule has 5 heteroatoms. The number of hydrogen-bond acceptors (Lipinski definition) is 5. The number of fused-ring (bicyclic) bond motifs is 1. The Balaban J connectivity index is 1.34. The average molecular weight is 408 g/mol. The summed E-state index contributed by atoms with van der Waals surface area (Å²) in [6.45, 7) is 8.59. The van der Waals surface area contributed by atoms with Gasteiger partial charge in [-0.15, -0.1) is 0 Å². The smallest absolute Gasteiger partial charge is 0.0721 e. The standard InChI is InChI=1S/C24H41NO4/c1-2-3-4-6-21(26)7-8-22-23-16-19(15-20(23)17-24(22)27)18-29-12-5-9-25-10-13-28-14-11-25/h7-8,15,20-24,26-27H,2-6,9-14,16-18H2,1H3/b8-7+/t20-,21-,22+,23-,24+/m0/s1. The molecule has 0 radical (unpaired) electrons. The molecule has 5 nitrogen and oxygen atoms in total. The van der Waals surface area contributed by atoms with Crippen molar-refractivity contribution in [2.24, 2.45) is 17.8 Å². The molecule has 2 aliphatic carbocycles. The minimum absolute atomic E-state index is 0.163. The van der Waals surface area contributed by atoms with Crippen molar-refractivity contribution in [1.82, 2.24) is 4.90 Å². The quantitative estimate of drug-likeness (QED) is 0.384. The second kappa shape index (κ2) is 12.2. The molecule has 5 atom stereocenters. The van der Waals surface area contributed by atoms with E-state index in [-0.39, 0.29) is 18.1 Å². The fourth-order valence-electron chi connectivity index (χ4n) is 5.09. The summed E-state index contributed by atoms with van der Waals surface area (Å²) in [5.74, 6) is 1.09. The number of hydrogen-bond donors (Lipinski definition) is 2. The van der Waals surface area contributed by atoms with Crippen LogP contribution in [0.2, 0.25) is 0 Å². The third-order valence-electron chi connectivity index (χ3n) is 6.76. The SMILES string of the molecule is CCCCC[C@H](O)/C=C/[C@@H]1[C@H]2CC(COCCCN3CCOCC3)=C[C@H]2C[C@H]1O. The molecule has 0 aromatic carbocycles. The number of nitrogens with zero attached hydrogens (tertiary/aromatic N) is 1. The molecule has 0 aromatic rings. The maximum atomic E-state index is 10.5. The van der Waals surface area contributed by atoms with Gasteiger partial charge in [0.05, 0.1) is 32.0 Å². The second-order valence-corrected chi connectivity index (χ2v) is 9.05. The van der Waals surface area contributed by atoms with Gasteiger partial charge in [0.25, 0.3) is 0 Å². The van der Waals surface area contributed by atoms with E-state index in [9.17, 15) is 10.2 Å². The van der Waals surface area contributed by atoms with Crippen LogP contribution >= 0.6 is 0 Å². The summed E-state index contributed by atoms with van der Waals surface area (Å²) in [5, 5.41) is 20.6. The van der Waals surface area contributed by atoms with Crippen LogP contribution in [0.4, 0.5) is 0 Å². The van der Waals surface area contributed by atoms with Crippen LogP contribution in [0.1, 0.15) is 51.9 Å². The first kappa shape index (κ1) is 23.0. The van der Waals surface area contributed by atoms with Gasteiger partial charge in [0.15, 0.2) is 0 Å². The third kappa shape index (κ3) is 7.18. The first-order valence-corrected chi connectivity index (χ1v) is 11.8. The lowest BCUT2D eigenvalue weighted by atomic mass is 9.89. The molecule has 1 saturated heterocycles. The highest BCUT2D eigenvalue weighted by Crippen LogP contribution is 2.47. The maximum Gasteiger partial charge on any atom is 0.0721 e. The van der Waals surface area contributed by atoms with Gasteiger partial charge in [0, 0.05) is 32.2 Å². The zero-order chi connectivity index (χ0) is 20.5. The fraction of sp³-hybridized carbons (Fsp3) is 0.833. The van der Waals surface area contributed by atoms with Crippen molar-refractivity contribution in [2.75, 3.05) is 46.1 Å². The van der Waals surface area contributed by atoms with Gasteiger partial charge in [-0.05, 0) is 43.1 Å². The van der Waals surface area contributed by atoms with E-state index in [0.717, 1.165) is 78.2 Å². The van der Waals surface area contributed by atoms with E-state index in [0.29, 0.717) is 11.8 Å². The zero-order valence-corrected chi connectivity index (χ0v) is 18.2. The van der Waals surface area contributed by atoms with Crippen LogP contribution in [-0.4, -0.2) is 73.4 Å². The van der Waals surface area contributed by atoms with Crippen molar-refractivity contribution in [3.8, 4) is 0 Å². The van der Waals surface area contributed by atoms with Crippen LogP contribution in [0.25, 0.3) is 0 Å². The molecule has 166 valence electrons. The van der Waals surface area contributed by atoms with Crippen molar-refractivity contribution in [3.63, 3.8) is 0 Å². The van der Waals surface area contributed by atoms with Crippen LogP contribution in [0.5, 0.6) is 0 Å². The Morgan fingerprint density at radius 1 is 1.28 bits per heavy atom. The largest absolute Gasteiger partial charge is 0.392 e. The highest BCUT2D eigenvalue weighted by molar-refractivity contribution is 5.21. The summed E-state index contributed by atoms with van der Waals surface area (Å²) in [6.07, 6.45) is 12.9. The van der Waals surface area contributed by atoms with Crippen molar-refractivity contribution in [2.45, 2.75) is 64.1 Å². The van der Waals surface area contributed by atoms with E-state index in [1.807, 2.05) is 6.08 Å². The Morgan fingerprint density at radius 2 is 2.10 bits per heavy atom. The van der Waals surface area contributed by atoms with Crippen molar-refractivity contribution < 1.29 is 19.7 Å². The molecule has 2 N–H and O–H groups in total. The summed E-state index contributed by atoms with van der Waals surface area (Å²) in [4.78, 5) is 2.45. The van der Waals surface area contributed by atoms with Gasteiger partial charge in [-0.3, -0.25) is 4.90 Å². The molecule has 2 fully saturated rings. The summed E-state index contributed by atoms with van der Waals surface area (Å²) < 4.78 is 11.3. The fourth-order valence-corrected chi connectivity index (χ4v) is 5.09. The number of aliphatic hydroxyl groups excluding tert-OH is 2. The Bertz CT molecular complexity index is 529. The Morgan fingerprint density at radius 3 is 2.90 bits per heavy atom. The summed E-state index contributed by atoms with van der Waals surface area (Å²) in [5.41, 5.74) is 1.39. The molecule has 1 heterocycles. The van der Waals surface area contributed by atoms with Gasteiger partial charge >= 0.3 is 0 Å². The first-order valence-electron chi connectivity index (χ1n) is 11.8. The highest BCUT2D eigenvalue weighted by Gasteiger charge is 2.43. The molecule has 0 aromatic heterocycles. The molecule has 0 unspecified atom stereocenters. The summed E-state index contributed by atoms with van der Waals surface area (Å²) >= 11 is 0. The van der Waals surface area contributed by atoms with E-state index < -0.39 is 0 Å². The number of rotatable bonds is 12. The predicted molar refractivity (Wildman–Crippen MR) is 116 cm³/mol. The Labute approximate surface area is 176 Å². The lowest BCUT2D eigenvalue weighted by molar-refractivity contribution is 0.0328. The monoisotopic (exact) mass is 407 g/mol. The lowest BCUT2D eigenvalue weighted by Crippen LogP contribution is -2.37. The van der Waals surface area contributed by atoms with Crippen molar-refractivity contribution >= 4 is 0 Å². The molecule has 3 aliphatic rings. The van der Waals surface area contributed by atoms with Gasteiger partial charge in [0.2, 0.25) is 0 Å². The molecule has 0 amide bonds. The molecular weight excluding hydrogens is 366 g/mol. The lowest BCUT2D eigenvalue weighted by Gasteiger charge is -2.26. The van der Waals surface area contributed by atoms with Gasteiger partial charge < -0.3 is 19.7 Å². The van der Waals surface area contributed by atoms with Crippen LogP contribution in [-0.2, 0) is 9.47 Å². The number of unbranched alkanes of at least 4 members (excludes halogenated alkanes) is 2. The van der Waals surface area contributed by atoms with Gasteiger partial charge in [0.1, 0.15) is 0 Å². The number of aliphatic hydroxyl groups is 2. The maximum absolute atomic E-state index is 10.5. The average Bonchev–Trinajstić information content (AvgIpc) is 3.23. The third-order valence-corrected chi connectivity index (χ3v) is 6.76. The molecule has 1 aliphatic heterocycles. The van der Waals surface area contributed by atoms with Crippen molar-refractivity contribution in [1.29, 1.82) is 0 Å². The van der Waals surface area contributed by atoms with Gasteiger partial charge in [-0.2, -0.15) is 0 Å². The van der Waals surface area contributed by atoms with Crippen LogP contribution in [0.15, 0.2) is 23.8 Å². The summed E-state index contributed by atoms with van der Waals surface area (Å²) in [7, 11) is 0. The molecule has 0 bridgehead atoms. The Hall–Kier alpha value is -0.720. The second-order valence-electron chi connectivity index (χ2n) is 9.05. The Kier molecular flexibility index (Phi) is 9.67. The van der Waals surface area contributed by atoms with Gasteiger partial charge in [-0.25, -0.2) is 0 Å². The van der Waals surface area contributed by atoms with E-state index in [4.69, 9.17) is 9.47 Å².